The van der Waals surface area contributed by atoms with E-state index in [1.54, 1.807) is 12.1 Å². The first kappa shape index (κ1) is 15.1. The number of rotatable bonds is 8. The zero-order chi connectivity index (χ0) is 13.4. The molecule has 0 spiro atoms. The third-order valence-corrected chi connectivity index (χ3v) is 3.14. The molecule has 3 nitrogen and oxygen atoms in total. The Kier molecular flexibility index (Phi) is 6.25. The zero-order valence-corrected chi connectivity index (χ0v) is 10.7. The molecule has 0 unspecified atom stereocenters. The van der Waals surface area contributed by atoms with Gasteiger partial charge in [0.05, 0.1) is 13.2 Å². The van der Waals surface area contributed by atoms with Crippen LogP contribution < -0.4 is 0 Å². The van der Waals surface area contributed by atoms with Crippen molar-refractivity contribution in [3.63, 3.8) is 0 Å². The van der Waals surface area contributed by atoms with Crippen molar-refractivity contribution < 1.29 is 19.3 Å². The molecule has 4 heteroatoms. The predicted molar refractivity (Wildman–Crippen MR) is 68.0 cm³/mol. The van der Waals surface area contributed by atoms with Crippen LogP contribution in [0, 0.1) is 5.82 Å². The summed E-state index contributed by atoms with van der Waals surface area (Å²) in [4.78, 5) is 0. The first-order valence-electron chi connectivity index (χ1n) is 6.24. The van der Waals surface area contributed by atoms with Gasteiger partial charge in [-0.1, -0.05) is 19.1 Å². The zero-order valence-electron chi connectivity index (χ0n) is 10.7. The van der Waals surface area contributed by atoms with Crippen molar-refractivity contribution in [2.75, 3.05) is 26.4 Å². The molecule has 1 aromatic carbocycles. The molecule has 0 bridgehead atoms. The van der Waals surface area contributed by atoms with Crippen molar-refractivity contribution in [1.82, 2.24) is 0 Å². The highest BCUT2D eigenvalue weighted by molar-refractivity contribution is 5.26. The van der Waals surface area contributed by atoms with Crippen molar-refractivity contribution in [2.24, 2.45) is 0 Å². The molecule has 102 valence electrons. The minimum atomic E-state index is -0.762. The Morgan fingerprint density at radius 3 is 2.22 bits per heavy atom. The van der Waals surface area contributed by atoms with E-state index in [4.69, 9.17) is 4.74 Å². The number of ether oxygens (including phenoxy) is 1. The second-order valence-electron chi connectivity index (χ2n) is 4.47. The molecule has 0 saturated heterocycles. The molecular weight excluding hydrogens is 235 g/mol. The van der Waals surface area contributed by atoms with Gasteiger partial charge in [0.15, 0.2) is 0 Å². The molecule has 0 aliphatic heterocycles. The van der Waals surface area contributed by atoms with E-state index in [-0.39, 0.29) is 19.0 Å². The number of benzene rings is 1. The van der Waals surface area contributed by atoms with Crippen molar-refractivity contribution >= 4 is 0 Å². The van der Waals surface area contributed by atoms with E-state index in [1.807, 2.05) is 6.92 Å². The van der Waals surface area contributed by atoms with Gasteiger partial charge in [0.25, 0.3) is 0 Å². The molecule has 1 aromatic rings. The van der Waals surface area contributed by atoms with E-state index >= 15 is 0 Å². The molecule has 2 N–H and O–H groups in total. The summed E-state index contributed by atoms with van der Waals surface area (Å²) in [5.74, 6) is -0.328. The summed E-state index contributed by atoms with van der Waals surface area (Å²) in [7, 11) is 0. The van der Waals surface area contributed by atoms with Crippen molar-refractivity contribution in [3.05, 3.63) is 35.6 Å². The summed E-state index contributed by atoms with van der Waals surface area (Å²) in [5.41, 5.74) is -0.0319. The maximum absolute atomic E-state index is 12.9. The molecule has 0 saturated carbocycles. The molecule has 0 aromatic heterocycles. The molecule has 0 atom stereocenters. The van der Waals surface area contributed by atoms with Gasteiger partial charge in [0, 0.05) is 18.6 Å². The number of hydrogen-bond acceptors (Lipinski definition) is 3. The lowest BCUT2D eigenvalue weighted by Crippen LogP contribution is -2.36. The van der Waals surface area contributed by atoms with Gasteiger partial charge in [-0.25, -0.2) is 4.39 Å². The summed E-state index contributed by atoms with van der Waals surface area (Å²) >= 11 is 0. The van der Waals surface area contributed by atoms with Gasteiger partial charge in [-0.15, -0.1) is 0 Å². The third kappa shape index (κ3) is 3.77. The van der Waals surface area contributed by atoms with Gasteiger partial charge in [-0.2, -0.15) is 0 Å². The predicted octanol–water partition coefficient (Wildman–Crippen LogP) is 1.86. The van der Waals surface area contributed by atoms with Crippen LogP contribution in [0.2, 0.25) is 0 Å². The fourth-order valence-electron chi connectivity index (χ4n) is 1.85. The van der Waals surface area contributed by atoms with Gasteiger partial charge in [0.1, 0.15) is 5.82 Å². The van der Waals surface area contributed by atoms with Crippen LogP contribution in [0.25, 0.3) is 0 Å². The van der Waals surface area contributed by atoms with E-state index in [9.17, 15) is 14.6 Å². The highest BCUT2D eigenvalue weighted by atomic mass is 19.1. The lowest BCUT2D eigenvalue weighted by atomic mass is 9.79. The normalized spacial score (nSPS) is 11.8. The average Bonchev–Trinajstić information content (AvgIpc) is 2.41. The lowest BCUT2D eigenvalue weighted by molar-refractivity contribution is 0.0627. The number of halogens is 1. The monoisotopic (exact) mass is 256 g/mol. The van der Waals surface area contributed by atoms with Crippen molar-refractivity contribution in [1.29, 1.82) is 0 Å². The average molecular weight is 256 g/mol. The number of aliphatic hydroxyl groups excluding tert-OH is 2. The van der Waals surface area contributed by atoms with Crippen LogP contribution in [0.15, 0.2) is 24.3 Å². The summed E-state index contributed by atoms with van der Waals surface area (Å²) < 4.78 is 18.3. The summed E-state index contributed by atoms with van der Waals surface area (Å²) in [6, 6.07) is 5.87. The van der Waals surface area contributed by atoms with E-state index in [0.29, 0.717) is 19.6 Å². The van der Waals surface area contributed by atoms with E-state index in [2.05, 4.69) is 0 Å². The van der Waals surface area contributed by atoms with Crippen LogP contribution >= 0.6 is 0 Å². The van der Waals surface area contributed by atoms with Gasteiger partial charge in [-0.05, 0) is 30.5 Å². The Hall–Kier alpha value is -0.970. The quantitative estimate of drug-likeness (QED) is 0.698. The molecule has 0 fully saturated rings. The standard InChI is InChI=1S/C14H21FO3/c1-2-8-18-9-7-14(10-16,11-17)12-3-5-13(15)6-4-12/h3-6,16-17H,2,7-11H2,1H3. The Morgan fingerprint density at radius 1 is 1.11 bits per heavy atom. The molecule has 18 heavy (non-hydrogen) atoms. The van der Waals surface area contributed by atoms with Crippen LogP contribution in [0.5, 0.6) is 0 Å². The Bertz CT molecular complexity index is 333. The van der Waals surface area contributed by atoms with Crippen molar-refractivity contribution in [3.8, 4) is 0 Å². The highest BCUT2D eigenvalue weighted by Crippen LogP contribution is 2.27. The fourth-order valence-corrected chi connectivity index (χ4v) is 1.85. The Morgan fingerprint density at radius 2 is 1.72 bits per heavy atom. The molecule has 0 aliphatic rings. The summed E-state index contributed by atoms with van der Waals surface area (Å²) in [6.07, 6.45) is 1.44. The van der Waals surface area contributed by atoms with Crippen molar-refractivity contribution in [2.45, 2.75) is 25.2 Å². The van der Waals surface area contributed by atoms with Gasteiger partial charge in [-0.3, -0.25) is 0 Å². The van der Waals surface area contributed by atoms with E-state index in [0.717, 1.165) is 12.0 Å². The Labute approximate surface area is 107 Å². The van der Waals surface area contributed by atoms with Crippen LogP contribution in [0.4, 0.5) is 4.39 Å². The largest absolute Gasteiger partial charge is 0.395 e. The number of aliphatic hydroxyl groups is 2. The third-order valence-electron chi connectivity index (χ3n) is 3.14. The van der Waals surface area contributed by atoms with Gasteiger partial charge >= 0.3 is 0 Å². The second kappa shape index (κ2) is 7.46. The van der Waals surface area contributed by atoms with E-state index < -0.39 is 5.41 Å². The SMILES string of the molecule is CCCOCCC(CO)(CO)c1ccc(F)cc1. The highest BCUT2D eigenvalue weighted by Gasteiger charge is 2.30. The second-order valence-corrected chi connectivity index (χ2v) is 4.47. The minimum absolute atomic E-state index is 0.190. The smallest absolute Gasteiger partial charge is 0.123 e. The molecule has 0 amide bonds. The number of hydrogen-bond donors (Lipinski definition) is 2. The maximum Gasteiger partial charge on any atom is 0.123 e. The maximum atomic E-state index is 12.9. The fraction of sp³-hybridized carbons (Fsp3) is 0.571. The topological polar surface area (TPSA) is 49.7 Å². The lowest BCUT2D eigenvalue weighted by Gasteiger charge is -2.30. The van der Waals surface area contributed by atoms with E-state index in [1.165, 1.54) is 12.1 Å². The molecule has 1 rings (SSSR count). The first-order valence-corrected chi connectivity index (χ1v) is 6.24. The first-order chi connectivity index (χ1) is 8.68. The van der Waals surface area contributed by atoms with Crippen LogP contribution in [-0.2, 0) is 10.2 Å². The molecule has 0 heterocycles. The van der Waals surface area contributed by atoms with Gasteiger partial charge in [0.2, 0.25) is 0 Å². The van der Waals surface area contributed by atoms with Crippen LogP contribution in [0.1, 0.15) is 25.3 Å². The molecule has 0 radical (unpaired) electrons. The summed E-state index contributed by atoms with van der Waals surface area (Å²) in [6.45, 7) is 2.77. The van der Waals surface area contributed by atoms with Gasteiger partial charge < -0.3 is 14.9 Å². The van der Waals surface area contributed by atoms with Crippen LogP contribution in [0.3, 0.4) is 0 Å². The van der Waals surface area contributed by atoms with Crippen LogP contribution in [-0.4, -0.2) is 36.6 Å². The molecule has 0 aliphatic carbocycles. The minimum Gasteiger partial charge on any atom is -0.395 e. The summed E-state index contributed by atoms with van der Waals surface area (Å²) in [5, 5.41) is 19.1. The molecular formula is C14H21FO3. The Balaban J connectivity index is 2.75.